The summed E-state index contributed by atoms with van der Waals surface area (Å²) in [7, 11) is 0. The fourth-order valence-electron chi connectivity index (χ4n) is 1.41. The molecule has 0 aromatic heterocycles. The molecule has 0 aliphatic heterocycles. The molecule has 0 saturated carbocycles. The number of hydrogen-bond acceptors (Lipinski definition) is 1. The molecule has 2 rings (SSSR count). The van der Waals surface area contributed by atoms with Gasteiger partial charge in [-0.25, -0.2) is 0 Å². The molecule has 0 radical (unpaired) electrons. The molecule has 66 valence electrons. The Morgan fingerprint density at radius 2 is 2.15 bits per heavy atom. The first-order chi connectivity index (χ1) is 6.27. The molecule has 1 N–H and O–H groups in total. The van der Waals surface area contributed by atoms with Crippen molar-refractivity contribution in [1.29, 1.82) is 0 Å². The van der Waals surface area contributed by atoms with E-state index in [1.807, 2.05) is 12.2 Å². The highest BCUT2D eigenvalue weighted by atomic mass is 35.5. The van der Waals surface area contributed by atoms with Crippen molar-refractivity contribution in [3.8, 4) is 5.75 Å². The van der Waals surface area contributed by atoms with Crippen molar-refractivity contribution in [3.63, 3.8) is 0 Å². The quantitative estimate of drug-likeness (QED) is 0.723. The number of phenols is 1. The first-order valence-corrected chi connectivity index (χ1v) is 4.50. The third-order valence-electron chi connectivity index (χ3n) is 2.08. The van der Waals surface area contributed by atoms with E-state index in [4.69, 9.17) is 11.6 Å². The minimum atomic E-state index is 0.291. The van der Waals surface area contributed by atoms with Crippen LogP contribution in [-0.2, 0) is 0 Å². The van der Waals surface area contributed by atoms with Gasteiger partial charge in [0.05, 0.1) is 0 Å². The maximum Gasteiger partial charge on any atom is 0.123 e. The van der Waals surface area contributed by atoms with Gasteiger partial charge in [-0.15, -0.1) is 0 Å². The van der Waals surface area contributed by atoms with Crippen molar-refractivity contribution in [3.05, 3.63) is 47.0 Å². The van der Waals surface area contributed by atoms with Crippen LogP contribution < -0.4 is 0 Å². The molecule has 1 aliphatic rings. The van der Waals surface area contributed by atoms with Crippen LogP contribution in [0, 0.1) is 0 Å². The lowest BCUT2D eigenvalue weighted by Gasteiger charge is -2.05. The molecule has 1 nitrogen and oxygen atoms in total. The lowest BCUT2D eigenvalue weighted by Crippen LogP contribution is -1.82. The zero-order valence-corrected chi connectivity index (χ0v) is 7.75. The average Bonchev–Trinajstić information content (AvgIpc) is 2.61. The van der Waals surface area contributed by atoms with Crippen LogP contribution in [0.3, 0.4) is 0 Å². The maximum absolute atomic E-state index is 9.57. The van der Waals surface area contributed by atoms with Crippen LogP contribution in [0.15, 0.2) is 36.4 Å². The lowest BCUT2D eigenvalue weighted by molar-refractivity contribution is 0.473. The molecule has 0 heterocycles. The van der Waals surface area contributed by atoms with E-state index in [0.29, 0.717) is 10.8 Å². The van der Waals surface area contributed by atoms with Gasteiger partial charge < -0.3 is 5.11 Å². The van der Waals surface area contributed by atoms with E-state index >= 15 is 0 Å². The number of halogens is 1. The van der Waals surface area contributed by atoms with E-state index in [0.717, 1.165) is 17.6 Å². The normalized spacial score (nSPS) is 14.7. The van der Waals surface area contributed by atoms with Crippen molar-refractivity contribution in [2.45, 2.75) is 6.42 Å². The van der Waals surface area contributed by atoms with Crippen molar-refractivity contribution in [1.82, 2.24) is 0 Å². The highest BCUT2D eigenvalue weighted by Gasteiger charge is 2.08. The summed E-state index contributed by atoms with van der Waals surface area (Å²) in [6.45, 7) is 0. The number of rotatable bonds is 1. The predicted molar refractivity (Wildman–Crippen MR) is 54.9 cm³/mol. The van der Waals surface area contributed by atoms with Crippen LogP contribution in [0.1, 0.15) is 12.0 Å². The van der Waals surface area contributed by atoms with Gasteiger partial charge in [0.2, 0.25) is 0 Å². The van der Waals surface area contributed by atoms with E-state index in [1.165, 1.54) is 0 Å². The Morgan fingerprint density at radius 3 is 2.85 bits per heavy atom. The summed E-state index contributed by atoms with van der Waals surface area (Å²) < 4.78 is 0. The Kier molecular flexibility index (Phi) is 2.11. The molecule has 0 saturated heterocycles. The standard InChI is InChI=1S/C11H9ClO/c12-9-5-6-11(13)10(7-9)8-3-1-2-4-8/h1-3,5-7,13H,4H2. The van der Waals surface area contributed by atoms with E-state index < -0.39 is 0 Å². The molecule has 1 aromatic rings. The molecule has 0 amide bonds. The third-order valence-corrected chi connectivity index (χ3v) is 2.31. The highest BCUT2D eigenvalue weighted by molar-refractivity contribution is 6.30. The number of hydrogen-bond donors (Lipinski definition) is 1. The van der Waals surface area contributed by atoms with Gasteiger partial charge in [-0.05, 0) is 30.2 Å². The fourth-order valence-corrected chi connectivity index (χ4v) is 1.58. The smallest absolute Gasteiger partial charge is 0.123 e. The monoisotopic (exact) mass is 192 g/mol. The van der Waals surface area contributed by atoms with E-state index in [-0.39, 0.29) is 0 Å². The van der Waals surface area contributed by atoms with Gasteiger partial charge >= 0.3 is 0 Å². The van der Waals surface area contributed by atoms with Gasteiger partial charge in [-0.1, -0.05) is 29.8 Å². The Balaban J connectivity index is 2.45. The lowest BCUT2D eigenvalue weighted by atomic mass is 10.0. The van der Waals surface area contributed by atoms with Crippen molar-refractivity contribution in [2.75, 3.05) is 0 Å². The molecule has 0 fully saturated rings. The topological polar surface area (TPSA) is 20.2 Å². The second-order valence-electron chi connectivity index (χ2n) is 2.99. The fraction of sp³-hybridized carbons (Fsp3) is 0.0909. The summed E-state index contributed by atoms with van der Waals surface area (Å²) in [6, 6.07) is 5.09. The molecule has 13 heavy (non-hydrogen) atoms. The van der Waals surface area contributed by atoms with Crippen molar-refractivity contribution >= 4 is 17.2 Å². The van der Waals surface area contributed by atoms with Crippen molar-refractivity contribution in [2.24, 2.45) is 0 Å². The molecule has 2 heteroatoms. The minimum absolute atomic E-state index is 0.291. The van der Waals surface area contributed by atoms with Gasteiger partial charge in [0.25, 0.3) is 0 Å². The SMILES string of the molecule is Oc1ccc(Cl)cc1C1=CC=CC1. The molecular weight excluding hydrogens is 184 g/mol. The molecule has 0 atom stereocenters. The molecule has 1 aromatic carbocycles. The Hall–Kier alpha value is -1.21. The molecule has 0 unspecified atom stereocenters. The maximum atomic E-state index is 9.57. The van der Waals surface area contributed by atoms with Gasteiger partial charge in [0.15, 0.2) is 0 Å². The van der Waals surface area contributed by atoms with Crippen LogP contribution in [0.4, 0.5) is 0 Å². The van der Waals surface area contributed by atoms with E-state index in [2.05, 4.69) is 6.08 Å². The predicted octanol–water partition coefficient (Wildman–Crippen LogP) is 3.39. The molecule has 0 bridgehead atoms. The van der Waals surface area contributed by atoms with Crippen LogP contribution >= 0.6 is 11.6 Å². The van der Waals surface area contributed by atoms with Gasteiger partial charge in [-0.2, -0.15) is 0 Å². The zero-order chi connectivity index (χ0) is 9.26. The van der Waals surface area contributed by atoms with Crippen LogP contribution in [0.25, 0.3) is 5.57 Å². The highest BCUT2D eigenvalue weighted by Crippen LogP contribution is 2.32. The van der Waals surface area contributed by atoms with Gasteiger partial charge in [0.1, 0.15) is 5.75 Å². The van der Waals surface area contributed by atoms with Crippen LogP contribution in [-0.4, -0.2) is 5.11 Å². The molecular formula is C11H9ClO. The first kappa shape index (κ1) is 8.39. The Morgan fingerprint density at radius 1 is 1.31 bits per heavy atom. The second kappa shape index (κ2) is 3.27. The number of phenolic OH excluding ortho intramolecular Hbond substituents is 1. The van der Waals surface area contributed by atoms with Gasteiger partial charge in [0, 0.05) is 10.6 Å². The Labute approximate surface area is 82.0 Å². The largest absolute Gasteiger partial charge is 0.507 e. The summed E-state index contributed by atoms with van der Waals surface area (Å²) in [5.74, 6) is 0.291. The summed E-state index contributed by atoms with van der Waals surface area (Å²) >= 11 is 5.84. The Bertz CT molecular complexity index is 391. The second-order valence-corrected chi connectivity index (χ2v) is 3.42. The van der Waals surface area contributed by atoms with Crippen molar-refractivity contribution < 1.29 is 5.11 Å². The first-order valence-electron chi connectivity index (χ1n) is 4.12. The molecule has 0 spiro atoms. The average molecular weight is 193 g/mol. The van der Waals surface area contributed by atoms with Gasteiger partial charge in [-0.3, -0.25) is 0 Å². The summed E-state index contributed by atoms with van der Waals surface area (Å²) in [5.41, 5.74) is 1.94. The number of aromatic hydroxyl groups is 1. The zero-order valence-electron chi connectivity index (χ0n) is 7.00. The summed E-state index contributed by atoms with van der Waals surface area (Å²) in [4.78, 5) is 0. The molecule has 1 aliphatic carbocycles. The van der Waals surface area contributed by atoms with E-state index in [1.54, 1.807) is 18.2 Å². The number of allylic oxidation sites excluding steroid dienone is 4. The summed E-state index contributed by atoms with van der Waals surface area (Å²) in [6.07, 6.45) is 6.89. The van der Waals surface area contributed by atoms with E-state index in [9.17, 15) is 5.11 Å². The van der Waals surface area contributed by atoms with Crippen LogP contribution in [0.2, 0.25) is 5.02 Å². The third kappa shape index (κ3) is 1.61. The minimum Gasteiger partial charge on any atom is -0.507 e. The summed E-state index contributed by atoms with van der Waals surface area (Å²) in [5, 5.41) is 10.2. The number of benzene rings is 1. The van der Waals surface area contributed by atoms with Crippen LogP contribution in [0.5, 0.6) is 5.75 Å².